The number of nitrogen functional groups attached to an aromatic ring is 1. The van der Waals surface area contributed by atoms with Gasteiger partial charge in [-0.15, -0.1) is 0 Å². The fourth-order valence-electron chi connectivity index (χ4n) is 2.31. The second-order valence-corrected chi connectivity index (χ2v) is 5.92. The van der Waals surface area contributed by atoms with Gasteiger partial charge in [0, 0.05) is 29.1 Å². The fourth-order valence-corrected chi connectivity index (χ4v) is 2.72. The van der Waals surface area contributed by atoms with Crippen molar-refractivity contribution in [1.82, 2.24) is 4.98 Å². The molecule has 3 nitrogen and oxygen atoms in total. The third-order valence-corrected chi connectivity index (χ3v) is 4.23. The molecule has 0 amide bonds. The van der Waals surface area contributed by atoms with Crippen LogP contribution in [0.1, 0.15) is 5.56 Å². The predicted octanol–water partition coefficient (Wildman–Crippen LogP) is 4.22. The first-order valence-corrected chi connectivity index (χ1v) is 7.53. The number of anilines is 2. The maximum atomic E-state index is 5.80. The molecule has 0 spiro atoms. The normalized spacial score (nSPS) is 10.8. The highest BCUT2D eigenvalue weighted by atomic mass is 79.9. The van der Waals surface area contributed by atoms with Crippen LogP contribution >= 0.6 is 15.9 Å². The summed E-state index contributed by atoms with van der Waals surface area (Å²) in [5, 5.41) is 1.06. The van der Waals surface area contributed by atoms with Crippen molar-refractivity contribution in [2.45, 2.75) is 6.54 Å². The van der Waals surface area contributed by atoms with Crippen LogP contribution in [0.2, 0.25) is 0 Å². The van der Waals surface area contributed by atoms with Crippen molar-refractivity contribution in [2.24, 2.45) is 0 Å². The zero-order valence-corrected chi connectivity index (χ0v) is 13.3. The van der Waals surface area contributed by atoms with Gasteiger partial charge in [-0.1, -0.05) is 34.1 Å². The number of nitrogens with zero attached hydrogens (tertiary/aromatic N) is 2. The van der Waals surface area contributed by atoms with Gasteiger partial charge in [-0.2, -0.15) is 0 Å². The van der Waals surface area contributed by atoms with Crippen LogP contribution in [0.3, 0.4) is 0 Å². The van der Waals surface area contributed by atoms with Crippen LogP contribution < -0.4 is 10.6 Å². The summed E-state index contributed by atoms with van der Waals surface area (Å²) < 4.78 is 1.12. The van der Waals surface area contributed by atoms with Gasteiger partial charge in [0.05, 0.1) is 5.52 Å². The molecule has 0 bridgehead atoms. The van der Waals surface area contributed by atoms with Crippen molar-refractivity contribution < 1.29 is 0 Å². The van der Waals surface area contributed by atoms with Crippen molar-refractivity contribution in [2.75, 3.05) is 17.7 Å². The Morgan fingerprint density at radius 3 is 2.71 bits per heavy atom. The molecule has 3 rings (SSSR count). The second-order valence-electron chi connectivity index (χ2n) is 5.07. The van der Waals surface area contributed by atoms with Crippen LogP contribution in [0.15, 0.2) is 59.1 Å². The average molecular weight is 342 g/mol. The third-order valence-electron chi connectivity index (χ3n) is 3.46. The molecule has 21 heavy (non-hydrogen) atoms. The van der Waals surface area contributed by atoms with Gasteiger partial charge in [0.25, 0.3) is 0 Å². The smallest absolute Gasteiger partial charge is 0.129 e. The molecule has 0 radical (unpaired) electrons. The van der Waals surface area contributed by atoms with E-state index in [0.29, 0.717) is 0 Å². The maximum absolute atomic E-state index is 5.80. The van der Waals surface area contributed by atoms with E-state index in [4.69, 9.17) is 10.7 Å². The van der Waals surface area contributed by atoms with Crippen LogP contribution in [-0.2, 0) is 6.54 Å². The van der Waals surface area contributed by atoms with Gasteiger partial charge in [-0.25, -0.2) is 4.98 Å². The Hall–Kier alpha value is -2.07. The van der Waals surface area contributed by atoms with E-state index in [2.05, 4.69) is 39.0 Å². The molecule has 0 unspecified atom stereocenters. The Kier molecular flexibility index (Phi) is 3.80. The zero-order chi connectivity index (χ0) is 14.8. The van der Waals surface area contributed by atoms with E-state index in [0.717, 1.165) is 33.4 Å². The van der Waals surface area contributed by atoms with Gasteiger partial charge in [0.15, 0.2) is 0 Å². The van der Waals surface area contributed by atoms with E-state index in [1.807, 2.05) is 43.4 Å². The molecule has 106 valence electrons. The summed E-state index contributed by atoms with van der Waals surface area (Å²) in [4.78, 5) is 6.83. The molecule has 0 saturated heterocycles. The van der Waals surface area contributed by atoms with Crippen molar-refractivity contribution in [3.63, 3.8) is 0 Å². The van der Waals surface area contributed by atoms with E-state index < -0.39 is 0 Å². The number of benzene rings is 2. The Bertz CT molecular complexity index is 786. The van der Waals surface area contributed by atoms with E-state index in [1.165, 1.54) is 5.56 Å². The van der Waals surface area contributed by atoms with Crippen molar-refractivity contribution in [3.8, 4) is 0 Å². The van der Waals surface area contributed by atoms with Crippen LogP contribution in [0, 0.1) is 0 Å². The van der Waals surface area contributed by atoms with Gasteiger partial charge in [-0.05, 0) is 42.0 Å². The van der Waals surface area contributed by atoms with E-state index in [9.17, 15) is 0 Å². The lowest BCUT2D eigenvalue weighted by molar-refractivity contribution is 0.899. The molecule has 3 aromatic rings. The second kappa shape index (κ2) is 5.74. The number of hydrogen-bond donors (Lipinski definition) is 1. The molecular weight excluding hydrogens is 326 g/mol. The van der Waals surface area contributed by atoms with E-state index in [1.54, 1.807) is 0 Å². The first-order valence-electron chi connectivity index (χ1n) is 6.74. The molecule has 0 fully saturated rings. The molecular formula is C17H16BrN3. The molecule has 4 heteroatoms. The monoisotopic (exact) mass is 341 g/mol. The number of halogens is 1. The Balaban J connectivity index is 1.89. The highest BCUT2D eigenvalue weighted by Gasteiger charge is 2.07. The summed E-state index contributed by atoms with van der Waals surface area (Å²) >= 11 is 3.58. The molecule has 2 aromatic carbocycles. The summed E-state index contributed by atoms with van der Waals surface area (Å²) in [6.45, 7) is 0.800. The van der Waals surface area contributed by atoms with Gasteiger partial charge >= 0.3 is 0 Å². The topological polar surface area (TPSA) is 42.1 Å². The zero-order valence-electron chi connectivity index (χ0n) is 11.8. The largest absolute Gasteiger partial charge is 0.399 e. The first kappa shape index (κ1) is 13.9. The third kappa shape index (κ3) is 3.00. The highest BCUT2D eigenvalue weighted by molar-refractivity contribution is 9.10. The summed E-state index contributed by atoms with van der Waals surface area (Å²) in [7, 11) is 2.05. The van der Waals surface area contributed by atoms with Crippen molar-refractivity contribution in [1.29, 1.82) is 0 Å². The number of pyridine rings is 1. The number of aromatic nitrogens is 1. The van der Waals surface area contributed by atoms with Crippen LogP contribution in [0.4, 0.5) is 11.5 Å². The van der Waals surface area contributed by atoms with Crippen LogP contribution in [0.25, 0.3) is 10.9 Å². The lowest BCUT2D eigenvalue weighted by atomic mass is 10.2. The fraction of sp³-hybridized carbons (Fsp3) is 0.118. The Labute approximate surface area is 132 Å². The van der Waals surface area contributed by atoms with Gasteiger partial charge in [0.2, 0.25) is 0 Å². The predicted molar refractivity (Wildman–Crippen MR) is 92.4 cm³/mol. The van der Waals surface area contributed by atoms with Crippen molar-refractivity contribution >= 4 is 38.3 Å². The van der Waals surface area contributed by atoms with Gasteiger partial charge in [-0.3, -0.25) is 0 Å². The van der Waals surface area contributed by atoms with E-state index in [-0.39, 0.29) is 0 Å². The molecule has 0 atom stereocenters. The number of rotatable bonds is 3. The Morgan fingerprint density at radius 1 is 1.10 bits per heavy atom. The average Bonchev–Trinajstić information content (AvgIpc) is 2.49. The van der Waals surface area contributed by atoms with Crippen molar-refractivity contribution in [3.05, 3.63) is 64.6 Å². The number of fused-ring (bicyclic) bond motifs is 1. The minimum atomic E-state index is 0.763. The SMILES string of the molecule is CN(Cc1ccccc1Br)c1ccc2cc(N)ccc2n1. The summed E-state index contributed by atoms with van der Waals surface area (Å²) in [6.07, 6.45) is 0. The standard InChI is InChI=1S/C17H16BrN3/c1-21(11-13-4-2-3-5-15(13)18)17-9-6-12-10-14(19)7-8-16(12)20-17/h2-10H,11,19H2,1H3. The molecule has 0 aliphatic carbocycles. The number of nitrogens with two attached hydrogens (primary N) is 1. The minimum Gasteiger partial charge on any atom is -0.399 e. The quantitative estimate of drug-likeness (QED) is 0.725. The lowest BCUT2D eigenvalue weighted by Crippen LogP contribution is -2.17. The maximum Gasteiger partial charge on any atom is 0.129 e. The highest BCUT2D eigenvalue weighted by Crippen LogP contribution is 2.23. The lowest BCUT2D eigenvalue weighted by Gasteiger charge is -2.19. The first-order chi connectivity index (χ1) is 10.1. The molecule has 0 saturated carbocycles. The molecule has 1 heterocycles. The molecule has 0 aliphatic heterocycles. The summed E-state index contributed by atoms with van der Waals surface area (Å²) in [5.74, 6) is 0.947. The Morgan fingerprint density at radius 2 is 1.90 bits per heavy atom. The summed E-state index contributed by atoms with van der Waals surface area (Å²) in [5.41, 5.74) is 8.75. The van der Waals surface area contributed by atoms with Gasteiger partial charge in [0.1, 0.15) is 5.82 Å². The summed E-state index contributed by atoms with van der Waals surface area (Å²) in [6, 6.07) is 18.1. The van der Waals surface area contributed by atoms with Gasteiger partial charge < -0.3 is 10.6 Å². The molecule has 2 N–H and O–H groups in total. The number of hydrogen-bond acceptors (Lipinski definition) is 3. The van der Waals surface area contributed by atoms with E-state index >= 15 is 0 Å². The van der Waals surface area contributed by atoms with Crippen LogP contribution in [0.5, 0.6) is 0 Å². The minimum absolute atomic E-state index is 0.763. The molecule has 0 aliphatic rings. The van der Waals surface area contributed by atoms with Crippen LogP contribution in [-0.4, -0.2) is 12.0 Å². The molecule has 1 aromatic heterocycles.